The molecule has 4 aliphatic carbocycles. The maximum atomic E-state index is 15.0. The van der Waals surface area contributed by atoms with Gasteiger partial charge in [-0.3, -0.25) is 9.59 Å². The van der Waals surface area contributed by atoms with Crippen LogP contribution in [0.4, 0.5) is 17.6 Å². The average molecular weight is 1110 g/mol. The van der Waals surface area contributed by atoms with Crippen molar-refractivity contribution < 1.29 is 27.2 Å². The molecule has 2 heterocycles. The molecule has 12 heteroatoms. The predicted molar refractivity (Wildman–Crippen MR) is 310 cm³/mol. The highest BCUT2D eigenvalue weighted by molar-refractivity contribution is 7.17. The molecule has 390 valence electrons. The summed E-state index contributed by atoms with van der Waals surface area (Å²) in [6.07, 6.45) is 3.23. The minimum atomic E-state index is -1.24. The summed E-state index contributed by atoms with van der Waals surface area (Å²) in [5.74, 6) is -6.21. The van der Waals surface area contributed by atoms with E-state index in [0.717, 1.165) is 112 Å². The second-order valence-electron chi connectivity index (χ2n) is 21.0. The van der Waals surface area contributed by atoms with Gasteiger partial charge in [-0.2, -0.15) is 10.5 Å². The second kappa shape index (κ2) is 18.8. The lowest BCUT2D eigenvalue weighted by Gasteiger charge is -2.35. The minimum absolute atomic E-state index is 0.0339. The van der Waals surface area contributed by atoms with Crippen LogP contribution in [-0.4, -0.2) is 11.6 Å². The highest BCUT2D eigenvalue weighted by atomic mass is 32.1. The Morgan fingerprint density at radius 3 is 1.11 bits per heavy atom. The lowest BCUT2D eigenvalue weighted by atomic mass is 9.65. The van der Waals surface area contributed by atoms with E-state index in [1.165, 1.54) is 22.7 Å². The number of fused-ring (bicyclic) bond motifs is 8. The zero-order valence-electron chi connectivity index (χ0n) is 43.9. The van der Waals surface area contributed by atoms with Gasteiger partial charge >= 0.3 is 0 Å². The molecule has 82 heavy (non-hydrogen) atoms. The Kier molecular flexibility index (Phi) is 11.8. The lowest BCUT2D eigenvalue weighted by molar-refractivity contribution is 0.103. The molecule has 0 spiro atoms. The first kappa shape index (κ1) is 51.4. The minimum Gasteiger partial charge on any atom is -0.289 e. The molecule has 0 saturated carbocycles. The van der Waals surface area contributed by atoms with Crippen molar-refractivity contribution in [3.05, 3.63) is 301 Å². The molecule has 0 bridgehead atoms. The van der Waals surface area contributed by atoms with E-state index in [9.17, 15) is 42.9 Å². The Bertz CT molecular complexity index is 4290. The van der Waals surface area contributed by atoms with Gasteiger partial charge in [-0.25, -0.2) is 27.7 Å². The molecule has 2 aromatic heterocycles. The number of carbonyl (C=O) groups is 2. The molecule has 0 aliphatic heterocycles. The van der Waals surface area contributed by atoms with Crippen molar-refractivity contribution in [1.82, 2.24) is 0 Å². The van der Waals surface area contributed by atoms with Gasteiger partial charge in [0.05, 0.1) is 23.5 Å². The van der Waals surface area contributed by atoms with Gasteiger partial charge in [0, 0.05) is 52.9 Å². The van der Waals surface area contributed by atoms with Gasteiger partial charge in [0.15, 0.2) is 34.8 Å². The van der Waals surface area contributed by atoms with Crippen LogP contribution in [0, 0.1) is 91.5 Å². The van der Waals surface area contributed by atoms with Gasteiger partial charge < -0.3 is 0 Å². The number of benzene rings is 7. The standard InChI is InChI=1S/C70H38F4N4O2S2/c1-35-6-14-40(15-7-35)69(41-16-8-36(2)9-17-41)54-27-51-55(26-50(54)67-56(69)24-44(81-67)22-52-63(39(32-75)33-76)46-28-58(71)60(73)30-48(46)65(52)79)70(42-18-10-37(3)11-19-42,43-20-12-38(4)13-21-43)57-25-45(82-68(51)57)23-53-64(62(34-77)78-5)47-29-59(72)61(74)31-49(47)66(53)80/h6-31H,1-4H3/b52-22-,53-23-,64-62+. The van der Waals surface area contributed by atoms with E-state index in [4.69, 9.17) is 6.57 Å². The van der Waals surface area contributed by atoms with E-state index in [1.54, 1.807) is 12.2 Å². The molecule has 0 atom stereocenters. The number of carbonyl (C=O) groups excluding carboxylic acids is 2. The SMILES string of the molecule is [C-]#[N+]/C(C#N)=C1/C(=C/c2cc3c(s2)-c2cc4c(cc2C3(c2ccc(C)cc2)c2ccc(C)cc2)-c2sc(/C=C3\C(=O)c5cc(F)c(F)cc5C3=C(C#N)C#N)cc2C4(c2ccc(C)cc2)c2ccc(C)cc2)C(=O)c2cc(F)c(F)cc21. The van der Waals surface area contributed by atoms with E-state index in [2.05, 4.69) is 114 Å². The van der Waals surface area contributed by atoms with E-state index < -0.39 is 56.9 Å². The summed E-state index contributed by atoms with van der Waals surface area (Å²) in [5.41, 5.74) is 9.80. The summed E-state index contributed by atoms with van der Waals surface area (Å²) in [5, 5.41) is 30.7. The van der Waals surface area contributed by atoms with Crippen LogP contribution < -0.4 is 0 Å². The van der Waals surface area contributed by atoms with Crippen molar-refractivity contribution in [2.75, 3.05) is 0 Å². The molecule has 9 aromatic rings. The topological polar surface area (TPSA) is 110 Å². The Balaban J connectivity index is 1.13. The van der Waals surface area contributed by atoms with Gasteiger partial charge in [-0.05, 0) is 155 Å². The molecule has 7 aromatic carbocycles. The molecule has 4 aliphatic rings. The lowest BCUT2D eigenvalue weighted by Crippen LogP contribution is -2.30. The number of nitriles is 3. The Morgan fingerprint density at radius 2 is 0.780 bits per heavy atom. The maximum Gasteiger partial charge on any atom is 0.270 e. The van der Waals surface area contributed by atoms with Gasteiger partial charge in [0.1, 0.15) is 17.7 Å². The third-order valence-electron chi connectivity index (χ3n) is 16.4. The zero-order valence-corrected chi connectivity index (χ0v) is 45.6. The van der Waals surface area contributed by atoms with Crippen LogP contribution in [0.1, 0.15) is 108 Å². The first-order valence-electron chi connectivity index (χ1n) is 25.9. The fraction of sp³-hybridized carbons (Fsp3) is 0.0857. The number of hydrogen-bond donors (Lipinski definition) is 0. The quantitative estimate of drug-likeness (QED) is 0.0713. The van der Waals surface area contributed by atoms with Crippen molar-refractivity contribution in [1.29, 1.82) is 15.8 Å². The second-order valence-corrected chi connectivity index (χ2v) is 23.2. The zero-order chi connectivity index (χ0) is 57.3. The summed E-state index contributed by atoms with van der Waals surface area (Å²) in [6.45, 7) is 16.0. The van der Waals surface area contributed by atoms with Gasteiger partial charge in [0.2, 0.25) is 0 Å². The van der Waals surface area contributed by atoms with Crippen LogP contribution in [0.25, 0.3) is 49.0 Å². The summed E-state index contributed by atoms with van der Waals surface area (Å²) in [6, 6.07) is 51.1. The summed E-state index contributed by atoms with van der Waals surface area (Å²) < 4.78 is 59.7. The first-order chi connectivity index (χ1) is 39.5. The van der Waals surface area contributed by atoms with Crippen LogP contribution in [-0.2, 0) is 10.8 Å². The van der Waals surface area contributed by atoms with E-state index in [1.807, 2.05) is 58.0 Å². The van der Waals surface area contributed by atoms with Crippen molar-refractivity contribution >= 4 is 57.5 Å². The number of Topliss-reactive ketones (excluding diaryl/α,β-unsaturated/α-hetero) is 2. The fourth-order valence-electron chi connectivity index (χ4n) is 12.6. The predicted octanol–water partition coefficient (Wildman–Crippen LogP) is 16.8. The largest absolute Gasteiger partial charge is 0.289 e. The van der Waals surface area contributed by atoms with Crippen LogP contribution in [0.15, 0.2) is 168 Å². The van der Waals surface area contributed by atoms with Crippen molar-refractivity contribution in [3.8, 4) is 39.1 Å². The molecule has 6 nitrogen and oxygen atoms in total. The van der Waals surface area contributed by atoms with Crippen molar-refractivity contribution in [2.45, 2.75) is 38.5 Å². The molecule has 13 rings (SSSR count). The third-order valence-corrected chi connectivity index (χ3v) is 18.6. The van der Waals surface area contributed by atoms with Crippen LogP contribution in [0.3, 0.4) is 0 Å². The summed E-state index contributed by atoms with van der Waals surface area (Å²) in [7, 11) is 0. The van der Waals surface area contributed by atoms with Crippen LogP contribution >= 0.6 is 22.7 Å². The number of hydrogen-bond acceptors (Lipinski definition) is 7. The first-order valence-corrected chi connectivity index (χ1v) is 27.5. The smallest absolute Gasteiger partial charge is 0.270 e. The fourth-order valence-corrected chi connectivity index (χ4v) is 15.0. The molecule has 0 fully saturated rings. The number of aryl methyl sites for hydroxylation is 4. The number of halogens is 4. The van der Waals surface area contributed by atoms with Crippen molar-refractivity contribution in [3.63, 3.8) is 0 Å². The molecule has 0 N–H and O–H groups in total. The Labute approximate surface area is 476 Å². The highest BCUT2D eigenvalue weighted by Gasteiger charge is 2.53. The molecule has 0 amide bonds. The number of thiophene rings is 2. The van der Waals surface area contributed by atoms with E-state index in [0.29, 0.717) is 9.75 Å². The summed E-state index contributed by atoms with van der Waals surface area (Å²) >= 11 is 2.84. The van der Waals surface area contributed by atoms with Gasteiger partial charge in [0.25, 0.3) is 5.70 Å². The molecule has 0 unspecified atom stereocenters. The van der Waals surface area contributed by atoms with E-state index >= 15 is 0 Å². The van der Waals surface area contributed by atoms with Crippen molar-refractivity contribution in [2.24, 2.45) is 0 Å². The normalized spacial score (nSPS) is 16.2. The third kappa shape index (κ3) is 7.26. The molecular weight excluding hydrogens is 1070 g/mol. The number of ketones is 2. The van der Waals surface area contributed by atoms with Crippen LogP contribution in [0.5, 0.6) is 0 Å². The number of allylic oxidation sites excluding steroid dienone is 6. The van der Waals surface area contributed by atoms with Gasteiger partial charge in [-0.1, -0.05) is 119 Å². The highest BCUT2D eigenvalue weighted by Crippen LogP contribution is 2.65. The average Bonchev–Trinajstić information content (AvgIpc) is 2.09. The van der Waals surface area contributed by atoms with Crippen LogP contribution in [0.2, 0.25) is 0 Å². The van der Waals surface area contributed by atoms with Gasteiger partial charge in [-0.15, -0.1) is 22.7 Å². The van der Waals surface area contributed by atoms with E-state index in [-0.39, 0.29) is 44.5 Å². The Morgan fingerprint density at radius 1 is 0.451 bits per heavy atom. The Hall–Kier alpha value is -10.1. The molecule has 0 radical (unpaired) electrons. The molecule has 0 saturated heterocycles. The maximum absolute atomic E-state index is 15.0. The monoisotopic (exact) mass is 1110 g/mol. The molecular formula is C70H38F4N4O2S2. The number of nitrogens with zero attached hydrogens (tertiary/aromatic N) is 4. The summed E-state index contributed by atoms with van der Waals surface area (Å²) in [4.78, 5) is 35.2. The number of rotatable bonds is 6.